The topological polar surface area (TPSA) is 75.1 Å². The van der Waals surface area contributed by atoms with E-state index in [4.69, 9.17) is 23.2 Å². The average molecular weight is 312 g/mol. The van der Waals surface area contributed by atoms with E-state index < -0.39 is 5.91 Å². The van der Waals surface area contributed by atoms with Gasteiger partial charge in [0, 0.05) is 5.69 Å². The second-order valence-corrected chi connectivity index (χ2v) is 5.02. The van der Waals surface area contributed by atoms with Gasteiger partial charge in [0.1, 0.15) is 5.75 Å². The number of rotatable bonds is 2. The van der Waals surface area contributed by atoms with Crippen molar-refractivity contribution >= 4 is 34.8 Å². The average Bonchev–Trinajstić information content (AvgIpc) is 2.38. The van der Waals surface area contributed by atoms with Gasteiger partial charge in [-0.05, 0) is 43.2 Å². The van der Waals surface area contributed by atoms with Gasteiger partial charge in [0.15, 0.2) is 10.3 Å². The summed E-state index contributed by atoms with van der Waals surface area (Å²) in [5.74, 6) is -0.271. The summed E-state index contributed by atoms with van der Waals surface area (Å²) < 4.78 is 0. The first-order chi connectivity index (χ1) is 9.38. The van der Waals surface area contributed by atoms with E-state index in [-0.39, 0.29) is 21.6 Å². The second-order valence-electron chi connectivity index (χ2n) is 4.28. The predicted octanol–water partition coefficient (Wildman–Crippen LogP) is 3.36. The molecule has 2 rings (SSSR count). The van der Waals surface area contributed by atoms with Crippen molar-refractivity contribution in [3.63, 3.8) is 0 Å². The molecule has 104 valence electrons. The van der Waals surface area contributed by atoms with Gasteiger partial charge in [-0.2, -0.15) is 0 Å². The molecule has 1 heterocycles. The molecule has 0 saturated heterocycles. The maximum Gasteiger partial charge on any atom is 0.258 e. The number of carbonyl (C=O) groups is 1. The number of halogens is 2. The molecule has 0 aliphatic heterocycles. The standard InChI is InChI=1S/C13H11Cl2N3O2/c1-6-4-10(19)7(2)3-9(6)16-13(20)8-5-11(14)17-18-12(8)15/h3-5,19H,1-2H3,(H,16,20). The summed E-state index contributed by atoms with van der Waals surface area (Å²) in [6.45, 7) is 3.51. The lowest BCUT2D eigenvalue weighted by Gasteiger charge is -2.11. The van der Waals surface area contributed by atoms with E-state index in [1.807, 2.05) is 0 Å². The Morgan fingerprint density at radius 3 is 2.55 bits per heavy atom. The van der Waals surface area contributed by atoms with Gasteiger partial charge >= 0.3 is 0 Å². The molecule has 20 heavy (non-hydrogen) atoms. The number of nitrogens with zero attached hydrogens (tertiary/aromatic N) is 2. The van der Waals surface area contributed by atoms with E-state index in [0.29, 0.717) is 11.3 Å². The molecular weight excluding hydrogens is 301 g/mol. The van der Waals surface area contributed by atoms with Crippen molar-refractivity contribution in [3.05, 3.63) is 45.2 Å². The molecule has 0 spiro atoms. The zero-order valence-corrected chi connectivity index (χ0v) is 12.2. The van der Waals surface area contributed by atoms with Crippen LogP contribution in [0.2, 0.25) is 10.3 Å². The Morgan fingerprint density at radius 1 is 1.15 bits per heavy atom. The van der Waals surface area contributed by atoms with Gasteiger partial charge in [-0.1, -0.05) is 23.2 Å². The van der Waals surface area contributed by atoms with Crippen LogP contribution in [0.3, 0.4) is 0 Å². The Bertz CT molecular complexity index is 690. The summed E-state index contributed by atoms with van der Waals surface area (Å²) in [5, 5.41) is 19.5. The van der Waals surface area contributed by atoms with Crippen LogP contribution in [0.5, 0.6) is 5.75 Å². The van der Waals surface area contributed by atoms with Crippen molar-refractivity contribution in [1.82, 2.24) is 10.2 Å². The van der Waals surface area contributed by atoms with Crippen LogP contribution in [0.15, 0.2) is 18.2 Å². The van der Waals surface area contributed by atoms with Gasteiger partial charge in [0.05, 0.1) is 5.56 Å². The number of nitrogens with one attached hydrogen (secondary N) is 1. The van der Waals surface area contributed by atoms with Crippen LogP contribution in [-0.2, 0) is 0 Å². The Labute approximate surface area is 125 Å². The molecule has 0 saturated carbocycles. The lowest BCUT2D eigenvalue weighted by molar-refractivity contribution is 0.102. The van der Waals surface area contributed by atoms with Crippen LogP contribution in [0.4, 0.5) is 5.69 Å². The Morgan fingerprint density at radius 2 is 1.85 bits per heavy atom. The largest absolute Gasteiger partial charge is 0.508 e. The highest BCUT2D eigenvalue weighted by Crippen LogP contribution is 2.26. The molecule has 0 radical (unpaired) electrons. The highest BCUT2D eigenvalue weighted by molar-refractivity contribution is 6.34. The number of hydrogen-bond acceptors (Lipinski definition) is 4. The minimum Gasteiger partial charge on any atom is -0.508 e. The van der Waals surface area contributed by atoms with Crippen molar-refractivity contribution in [3.8, 4) is 5.75 Å². The quantitative estimate of drug-likeness (QED) is 0.834. The summed E-state index contributed by atoms with van der Waals surface area (Å²) in [6.07, 6.45) is 0. The van der Waals surface area contributed by atoms with E-state index in [0.717, 1.165) is 5.56 Å². The molecule has 0 unspecified atom stereocenters. The van der Waals surface area contributed by atoms with Crippen molar-refractivity contribution < 1.29 is 9.90 Å². The first-order valence-corrected chi connectivity index (χ1v) is 6.44. The van der Waals surface area contributed by atoms with Gasteiger partial charge in [-0.25, -0.2) is 0 Å². The normalized spacial score (nSPS) is 10.4. The number of aromatic nitrogens is 2. The fraction of sp³-hybridized carbons (Fsp3) is 0.154. The molecule has 0 bridgehead atoms. The molecule has 7 heteroatoms. The fourth-order valence-corrected chi connectivity index (χ4v) is 1.96. The van der Waals surface area contributed by atoms with Gasteiger partial charge in [0.25, 0.3) is 5.91 Å². The second kappa shape index (κ2) is 5.64. The van der Waals surface area contributed by atoms with E-state index in [9.17, 15) is 9.90 Å². The molecule has 0 fully saturated rings. The van der Waals surface area contributed by atoms with E-state index in [2.05, 4.69) is 15.5 Å². The molecule has 0 aliphatic rings. The molecule has 2 aromatic rings. The van der Waals surface area contributed by atoms with Crippen LogP contribution in [0, 0.1) is 13.8 Å². The summed E-state index contributed by atoms with van der Waals surface area (Å²) in [7, 11) is 0. The SMILES string of the molecule is Cc1cc(NC(=O)c2cc(Cl)nnc2Cl)c(C)cc1O. The lowest BCUT2D eigenvalue weighted by atomic mass is 10.1. The van der Waals surface area contributed by atoms with Crippen molar-refractivity contribution in [2.75, 3.05) is 5.32 Å². The molecule has 5 nitrogen and oxygen atoms in total. The van der Waals surface area contributed by atoms with Gasteiger partial charge in [0.2, 0.25) is 0 Å². The zero-order valence-electron chi connectivity index (χ0n) is 10.7. The van der Waals surface area contributed by atoms with Gasteiger partial charge in [-0.15, -0.1) is 10.2 Å². The number of hydrogen-bond donors (Lipinski definition) is 2. The monoisotopic (exact) mass is 311 g/mol. The Kier molecular flexibility index (Phi) is 4.11. The number of anilines is 1. The van der Waals surface area contributed by atoms with E-state index in [1.54, 1.807) is 26.0 Å². The minimum atomic E-state index is -0.444. The summed E-state index contributed by atoms with van der Waals surface area (Å²) >= 11 is 11.5. The number of phenols is 1. The third-order valence-corrected chi connectivity index (χ3v) is 3.22. The molecule has 1 aromatic carbocycles. The molecule has 1 aromatic heterocycles. The number of aromatic hydroxyl groups is 1. The van der Waals surface area contributed by atoms with Gasteiger partial charge in [-0.3, -0.25) is 4.79 Å². The Balaban J connectivity index is 2.32. The van der Waals surface area contributed by atoms with Gasteiger partial charge < -0.3 is 10.4 Å². The van der Waals surface area contributed by atoms with E-state index >= 15 is 0 Å². The summed E-state index contributed by atoms with van der Waals surface area (Å²) in [5.41, 5.74) is 2.10. The maximum atomic E-state index is 12.2. The van der Waals surface area contributed by atoms with Crippen LogP contribution in [0.1, 0.15) is 21.5 Å². The third kappa shape index (κ3) is 3.00. The third-order valence-electron chi connectivity index (χ3n) is 2.75. The molecule has 0 aliphatic carbocycles. The smallest absolute Gasteiger partial charge is 0.258 e. The van der Waals surface area contributed by atoms with Crippen LogP contribution in [0.25, 0.3) is 0 Å². The molecule has 1 amide bonds. The highest BCUT2D eigenvalue weighted by Gasteiger charge is 2.15. The first-order valence-electron chi connectivity index (χ1n) is 5.68. The zero-order chi connectivity index (χ0) is 14.9. The highest BCUT2D eigenvalue weighted by atomic mass is 35.5. The van der Waals surface area contributed by atoms with Crippen LogP contribution < -0.4 is 5.32 Å². The minimum absolute atomic E-state index is 0.0277. The van der Waals surface area contributed by atoms with E-state index in [1.165, 1.54) is 6.07 Å². The first kappa shape index (κ1) is 14.6. The van der Waals surface area contributed by atoms with Crippen LogP contribution >= 0.6 is 23.2 Å². The Hall–Kier alpha value is -1.85. The predicted molar refractivity (Wildman–Crippen MR) is 77.6 cm³/mol. The maximum absolute atomic E-state index is 12.2. The summed E-state index contributed by atoms with van der Waals surface area (Å²) in [4.78, 5) is 12.2. The van der Waals surface area contributed by atoms with Crippen molar-refractivity contribution in [1.29, 1.82) is 0 Å². The van der Waals surface area contributed by atoms with Crippen molar-refractivity contribution in [2.24, 2.45) is 0 Å². The number of aryl methyl sites for hydroxylation is 2. The fourth-order valence-electron chi connectivity index (χ4n) is 1.64. The number of benzene rings is 1. The molecular formula is C13H11Cl2N3O2. The van der Waals surface area contributed by atoms with Crippen molar-refractivity contribution in [2.45, 2.75) is 13.8 Å². The van der Waals surface area contributed by atoms with Crippen LogP contribution in [-0.4, -0.2) is 21.2 Å². The summed E-state index contributed by atoms with van der Waals surface area (Å²) in [6, 6.07) is 4.59. The number of amides is 1. The number of carbonyl (C=O) groups excluding carboxylic acids is 1. The molecule has 2 N–H and O–H groups in total. The molecule has 0 atom stereocenters. The number of phenolic OH excluding ortho intramolecular Hbond substituents is 1. The lowest BCUT2D eigenvalue weighted by Crippen LogP contribution is -2.14.